The minimum absolute atomic E-state index is 0.576. The fraction of sp³-hybridized carbons (Fsp3) is 0. The molecule has 0 N–H and O–H groups in total. The molecule has 0 bridgehead atoms. The summed E-state index contributed by atoms with van der Waals surface area (Å²) in [6.45, 7) is 0. The number of pyridine rings is 1. The molecule has 9 aromatic carbocycles. The highest BCUT2D eigenvalue weighted by Gasteiger charge is 2.22. The largest absolute Gasteiger partial charge is 0.309 e. The summed E-state index contributed by atoms with van der Waals surface area (Å²) < 4.78 is 4.74. The van der Waals surface area contributed by atoms with Crippen LogP contribution in [-0.4, -0.2) is 29.1 Å². The Labute approximate surface area is 392 Å². The lowest BCUT2D eigenvalue weighted by molar-refractivity contribution is 1.06. The van der Waals surface area contributed by atoms with E-state index in [1.54, 1.807) is 0 Å². The maximum Gasteiger partial charge on any atom is 0.166 e. The van der Waals surface area contributed by atoms with Gasteiger partial charge in [-0.1, -0.05) is 176 Å². The summed E-state index contributed by atoms with van der Waals surface area (Å²) in [6.07, 6.45) is 1.84. The lowest BCUT2D eigenvalue weighted by Crippen LogP contribution is -2.04. The van der Waals surface area contributed by atoms with Crippen LogP contribution in [0, 0.1) is 0 Å². The monoisotopic (exact) mass is 868 g/mol. The summed E-state index contributed by atoms with van der Waals surface area (Å²) in [7, 11) is 0. The van der Waals surface area contributed by atoms with Gasteiger partial charge >= 0.3 is 0 Å². The molecule has 6 nitrogen and oxygen atoms in total. The molecule has 318 valence electrons. The maximum absolute atomic E-state index is 5.36. The predicted molar refractivity (Wildman–Crippen MR) is 279 cm³/mol. The number of benzene rings is 9. The van der Waals surface area contributed by atoms with Gasteiger partial charge in [-0.2, -0.15) is 0 Å². The highest BCUT2D eigenvalue weighted by Crippen LogP contribution is 2.41. The van der Waals surface area contributed by atoms with E-state index in [4.69, 9.17) is 19.9 Å². The first kappa shape index (κ1) is 39.1. The molecule has 0 fully saturated rings. The minimum Gasteiger partial charge on any atom is -0.309 e. The Morgan fingerprint density at radius 2 is 0.706 bits per heavy atom. The zero-order valence-corrected chi connectivity index (χ0v) is 36.8. The predicted octanol–water partition coefficient (Wildman–Crippen LogP) is 15.5. The smallest absolute Gasteiger partial charge is 0.166 e. The van der Waals surface area contributed by atoms with Crippen LogP contribution in [0.15, 0.2) is 243 Å². The summed E-state index contributed by atoms with van der Waals surface area (Å²) in [4.78, 5) is 20.6. The van der Waals surface area contributed by atoms with Crippen molar-refractivity contribution in [2.45, 2.75) is 0 Å². The van der Waals surface area contributed by atoms with Crippen molar-refractivity contribution in [3.63, 3.8) is 0 Å². The van der Waals surface area contributed by atoms with Crippen LogP contribution in [0.4, 0.5) is 0 Å². The van der Waals surface area contributed by atoms with E-state index in [0.29, 0.717) is 17.5 Å². The topological polar surface area (TPSA) is 61.4 Å². The second kappa shape index (κ2) is 16.3. The number of aromatic nitrogens is 6. The Balaban J connectivity index is 1.00. The van der Waals surface area contributed by atoms with Gasteiger partial charge in [0.05, 0.1) is 39.1 Å². The van der Waals surface area contributed by atoms with Gasteiger partial charge < -0.3 is 9.13 Å². The molecule has 0 unspecified atom stereocenters. The lowest BCUT2D eigenvalue weighted by Gasteiger charge is -2.17. The van der Waals surface area contributed by atoms with E-state index >= 15 is 0 Å². The molecule has 68 heavy (non-hydrogen) atoms. The van der Waals surface area contributed by atoms with Gasteiger partial charge in [0.2, 0.25) is 0 Å². The average molecular weight is 869 g/mol. The molecule has 0 atom stereocenters. The molecular formula is C62H40N6. The highest BCUT2D eigenvalue weighted by molar-refractivity contribution is 6.11. The van der Waals surface area contributed by atoms with Crippen LogP contribution >= 0.6 is 0 Å². The van der Waals surface area contributed by atoms with Gasteiger partial charge in [-0.3, -0.25) is 4.98 Å². The van der Waals surface area contributed by atoms with Crippen LogP contribution < -0.4 is 0 Å². The number of para-hydroxylation sites is 4. The van der Waals surface area contributed by atoms with E-state index in [-0.39, 0.29) is 0 Å². The fourth-order valence-electron chi connectivity index (χ4n) is 9.88. The third-order valence-electron chi connectivity index (χ3n) is 13.1. The maximum atomic E-state index is 5.36. The molecule has 13 rings (SSSR count). The third-order valence-corrected chi connectivity index (χ3v) is 13.1. The first-order valence-corrected chi connectivity index (χ1v) is 22.9. The van der Waals surface area contributed by atoms with Crippen molar-refractivity contribution in [2.75, 3.05) is 0 Å². The van der Waals surface area contributed by atoms with Crippen LogP contribution in [0.1, 0.15) is 0 Å². The molecule has 0 radical (unpaired) electrons. The number of hydrogen-bond donors (Lipinski definition) is 0. The molecule has 4 aromatic heterocycles. The van der Waals surface area contributed by atoms with Crippen molar-refractivity contribution in [2.24, 2.45) is 0 Å². The van der Waals surface area contributed by atoms with Crippen molar-refractivity contribution >= 4 is 43.6 Å². The number of hydrogen-bond acceptors (Lipinski definition) is 4. The average Bonchev–Trinajstić information content (AvgIpc) is 3.94. The van der Waals surface area contributed by atoms with Gasteiger partial charge in [-0.05, 0) is 77.4 Å². The second-order valence-corrected chi connectivity index (χ2v) is 17.0. The van der Waals surface area contributed by atoms with E-state index in [1.807, 2.05) is 42.6 Å². The first-order chi connectivity index (χ1) is 33.7. The molecule has 0 aliphatic rings. The Bertz CT molecular complexity index is 3900. The number of nitrogens with zero attached hydrogens (tertiary/aromatic N) is 6. The van der Waals surface area contributed by atoms with Crippen LogP contribution in [0.5, 0.6) is 0 Å². The zero-order chi connectivity index (χ0) is 45.0. The minimum atomic E-state index is 0.576. The van der Waals surface area contributed by atoms with Gasteiger partial charge in [0, 0.05) is 55.6 Å². The zero-order valence-electron chi connectivity index (χ0n) is 36.8. The van der Waals surface area contributed by atoms with Crippen LogP contribution in [0.25, 0.3) is 123 Å². The Kier molecular flexibility index (Phi) is 9.39. The van der Waals surface area contributed by atoms with Gasteiger partial charge in [0.25, 0.3) is 0 Å². The third kappa shape index (κ3) is 6.66. The number of rotatable bonds is 8. The summed E-state index contributed by atoms with van der Waals surface area (Å²) >= 11 is 0. The standard InChI is InChI=1S/C62H40N6/c1-3-17-41(18-4-1)45-35-37-58(67-54-26-11-7-21-47(54)48-22-8-12-27-55(48)67)52(39-45)42-30-32-44(33-31-42)61-64-60(43-19-5-2-6-20-43)65-62(66-61)51-36-34-46(53-25-15-16-38-63-53)40-59(51)68-56-28-13-9-23-49(56)50-24-10-14-29-57(50)68/h1-40H. The van der Waals surface area contributed by atoms with Gasteiger partial charge in [0.1, 0.15) is 0 Å². The molecule has 0 aliphatic heterocycles. The lowest BCUT2D eigenvalue weighted by atomic mass is 9.96. The highest BCUT2D eigenvalue weighted by atomic mass is 15.1. The van der Waals surface area contributed by atoms with E-state index in [0.717, 1.165) is 67.0 Å². The summed E-state index contributed by atoms with van der Waals surface area (Å²) in [6, 6.07) is 83.3. The molecule has 0 aliphatic carbocycles. The SMILES string of the molecule is c1ccc(-c2ccc(-n3c4ccccc4c4ccccc43)c(-c3ccc(-c4nc(-c5ccccc5)nc(-c5ccc(-c6ccccn6)cc5-n5c6ccccc6c6ccccc65)n4)cc3)c2)cc1. The normalized spacial score (nSPS) is 11.5. The van der Waals surface area contributed by atoms with Crippen molar-refractivity contribution in [3.8, 4) is 79.0 Å². The van der Waals surface area contributed by atoms with Gasteiger partial charge in [-0.15, -0.1) is 0 Å². The van der Waals surface area contributed by atoms with E-state index in [2.05, 4.69) is 209 Å². The molecule has 4 heterocycles. The molecular weight excluding hydrogens is 829 g/mol. The van der Waals surface area contributed by atoms with E-state index < -0.39 is 0 Å². The van der Waals surface area contributed by atoms with E-state index in [9.17, 15) is 0 Å². The van der Waals surface area contributed by atoms with Crippen LogP contribution in [-0.2, 0) is 0 Å². The van der Waals surface area contributed by atoms with Gasteiger partial charge in [-0.25, -0.2) is 15.0 Å². The van der Waals surface area contributed by atoms with Crippen LogP contribution in [0.3, 0.4) is 0 Å². The molecule has 0 spiro atoms. The molecule has 0 saturated heterocycles. The Morgan fingerprint density at radius 1 is 0.265 bits per heavy atom. The molecule has 13 aromatic rings. The molecule has 0 amide bonds. The summed E-state index contributed by atoms with van der Waals surface area (Å²) in [5, 5.41) is 4.80. The van der Waals surface area contributed by atoms with Crippen molar-refractivity contribution in [1.82, 2.24) is 29.1 Å². The van der Waals surface area contributed by atoms with Crippen LogP contribution in [0.2, 0.25) is 0 Å². The Morgan fingerprint density at radius 3 is 1.26 bits per heavy atom. The first-order valence-electron chi connectivity index (χ1n) is 22.9. The van der Waals surface area contributed by atoms with Crippen molar-refractivity contribution in [3.05, 3.63) is 243 Å². The van der Waals surface area contributed by atoms with Crippen molar-refractivity contribution in [1.29, 1.82) is 0 Å². The fourth-order valence-corrected chi connectivity index (χ4v) is 9.88. The Hall–Kier alpha value is -9.26. The number of fused-ring (bicyclic) bond motifs is 6. The second-order valence-electron chi connectivity index (χ2n) is 17.0. The molecule has 6 heteroatoms. The van der Waals surface area contributed by atoms with E-state index in [1.165, 1.54) is 38.1 Å². The van der Waals surface area contributed by atoms with Crippen molar-refractivity contribution < 1.29 is 0 Å². The molecule has 0 saturated carbocycles. The quantitative estimate of drug-likeness (QED) is 0.153. The van der Waals surface area contributed by atoms with Gasteiger partial charge in [0.15, 0.2) is 17.5 Å². The summed E-state index contributed by atoms with van der Waals surface area (Å²) in [5.74, 6) is 1.76. The summed E-state index contributed by atoms with van der Waals surface area (Å²) in [5.41, 5.74) is 15.7.